The first kappa shape index (κ1) is 18.1. The van der Waals surface area contributed by atoms with Crippen LogP contribution < -0.4 is 15.4 Å². The fourth-order valence-corrected chi connectivity index (χ4v) is 3.03. The van der Waals surface area contributed by atoms with E-state index >= 15 is 0 Å². The van der Waals surface area contributed by atoms with E-state index in [0.29, 0.717) is 18.1 Å². The van der Waals surface area contributed by atoms with Gasteiger partial charge in [-0.1, -0.05) is 18.2 Å². The molecule has 3 rings (SSSR count). The number of halogens is 3. The van der Waals surface area contributed by atoms with Crippen molar-refractivity contribution in [3.05, 3.63) is 53.3 Å². The van der Waals surface area contributed by atoms with Gasteiger partial charge in [-0.15, -0.1) is 24.5 Å². The van der Waals surface area contributed by atoms with Crippen molar-refractivity contribution in [2.75, 3.05) is 7.05 Å². The number of fused-ring (bicyclic) bond motifs is 1. The molecule has 26 heavy (non-hydrogen) atoms. The lowest BCUT2D eigenvalue weighted by molar-refractivity contribution is -0.274. The minimum atomic E-state index is -4.73. The van der Waals surface area contributed by atoms with Crippen molar-refractivity contribution >= 4 is 22.3 Å². The van der Waals surface area contributed by atoms with Gasteiger partial charge in [-0.3, -0.25) is 9.39 Å². The molecule has 0 aliphatic heterocycles. The van der Waals surface area contributed by atoms with Crippen LogP contribution in [0, 0.1) is 0 Å². The molecule has 1 aromatic carbocycles. The maximum absolute atomic E-state index is 12.5. The second kappa shape index (κ2) is 7.65. The number of para-hydroxylation sites is 1. The first-order valence-corrected chi connectivity index (χ1v) is 8.52. The lowest BCUT2D eigenvalue weighted by Crippen LogP contribution is -2.36. The Balaban J connectivity index is 1.58. The molecule has 6 nitrogen and oxygen atoms in total. The first-order valence-electron chi connectivity index (χ1n) is 7.64. The fraction of sp³-hybridized carbons (Fsp3) is 0.250. The number of alkyl halides is 3. The topological polar surface area (TPSA) is 63.0 Å². The van der Waals surface area contributed by atoms with Gasteiger partial charge >= 0.3 is 6.36 Å². The molecule has 3 aromatic rings. The van der Waals surface area contributed by atoms with Gasteiger partial charge in [0.05, 0.1) is 12.2 Å². The van der Waals surface area contributed by atoms with Gasteiger partial charge in [0.1, 0.15) is 5.75 Å². The molecule has 0 fully saturated rings. The Labute approximate surface area is 151 Å². The van der Waals surface area contributed by atoms with Gasteiger partial charge in [0.15, 0.2) is 10.9 Å². The summed E-state index contributed by atoms with van der Waals surface area (Å²) in [5.41, 5.74) is 1.20. The average Bonchev–Trinajstić information content (AvgIpc) is 3.16. The second-order valence-electron chi connectivity index (χ2n) is 5.26. The van der Waals surface area contributed by atoms with Crippen molar-refractivity contribution in [3.8, 4) is 5.75 Å². The van der Waals surface area contributed by atoms with E-state index in [4.69, 9.17) is 0 Å². The summed E-state index contributed by atoms with van der Waals surface area (Å²) in [5, 5.41) is 7.99. The van der Waals surface area contributed by atoms with Crippen LogP contribution >= 0.6 is 11.3 Å². The van der Waals surface area contributed by atoms with Crippen LogP contribution in [-0.4, -0.2) is 28.8 Å². The number of benzene rings is 1. The monoisotopic (exact) mass is 383 g/mol. The normalized spacial score (nSPS) is 12.4. The summed E-state index contributed by atoms with van der Waals surface area (Å²) in [6, 6.07) is 5.97. The lowest BCUT2D eigenvalue weighted by atomic mass is 10.2. The van der Waals surface area contributed by atoms with Crippen molar-refractivity contribution in [3.63, 3.8) is 0 Å². The zero-order valence-corrected chi connectivity index (χ0v) is 14.6. The van der Waals surface area contributed by atoms with Crippen LogP contribution in [0.15, 0.2) is 47.0 Å². The molecule has 10 heteroatoms. The summed E-state index contributed by atoms with van der Waals surface area (Å²) in [7, 11) is 1.58. The summed E-state index contributed by atoms with van der Waals surface area (Å²) in [6.07, 6.45) is -0.913. The summed E-state index contributed by atoms with van der Waals surface area (Å²) >= 11 is 1.53. The molecule has 0 saturated carbocycles. The van der Waals surface area contributed by atoms with Gasteiger partial charge in [-0.2, -0.15) is 0 Å². The lowest BCUT2D eigenvalue weighted by Gasteiger charge is -2.15. The average molecular weight is 383 g/mol. The van der Waals surface area contributed by atoms with Crippen LogP contribution in [0.2, 0.25) is 0 Å². The predicted molar refractivity (Wildman–Crippen MR) is 93.2 cm³/mol. The van der Waals surface area contributed by atoms with E-state index in [1.807, 2.05) is 22.2 Å². The van der Waals surface area contributed by atoms with E-state index in [-0.39, 0.29) is 12.3 Å². The van der Waals surface area contributed by atoms with Crippen LogP contribution in [0.25, 0.3) is 4.96 Å². The number of nitrogens with zero attached hydrogens (tertiary/aromatic N) is 3. The van der Waals surface area contributed by atoms with Crippen LogP contribution in [0.3, 0.4) is 0 Å². The molecule has 0 unspecified atom stereocenters. The van der Waals surface area contributed by atoms with E-state index in [2.05, 4.69) is 25.3 Å². The van der Waals surface area contributed by atoms with Gasteiger partial charge in [0, 0.05) is 36.9 Å². The highest BCUT2D eigenvalue weighted by Crippen LogP contribution is 2.26. The molecule has 138 valence electrons. The number of ether oxygens (including phenoxy) is 1. The van der Waals surface area contributed by atoms with E-state index in [1.54, 1.807) is 19.2 Å². The highest BCUT2D eigenvalue weighted by molar-refractivity contribution is 7.15. The number of rotatable bonds is 5. The molecule has 0 bridgehead atoms. The van der Waals surface area contributed by atoms with Crippen LogP contribution in [0.4, 0.5) is 13.2 Å². The SMILES string of the molecule is CN=C(NCc1cn2ccsc2n1)NCc1ccccc1OC(F)(F)F. The molecule has 2 heterocycles. The Hall–Kier alpha value is -2.75. The van der Waals surface area contributed by atoms with Crippen LogP contribution in [0.1, 0.15) is 11.3 Å². The number of imidazole rings is 1. The highest BCUT2D eigenvalue weighted by atomic mass is 32.1. The quantitative estimate of drug-likeness (QED) is 0.525. The van der Waals surface area contributed by atoms with Crippen LogP contribution in [-0.2, 0) is 13.1 Å². The van der Waals surface area contributed by atoms with Crippen molar-refractivity contribution in [1.82, 2.24) is 20.0 Å². The molecule has 0 atom stereocenters. The molecular weight excluding hydrogens is 367 g/mol. The third-order valence-electron chi connectivity index (χ3n) is 3.45. The minimum absolute atomic E-state index is 0.129. The second-order valence-corrected chi connectivity index (χ2v) is 6.13. The van der Waals surface area contributed by atoms with E-state index in [0.717, 1.165) is 10.7 Å². The molecule has 0 radical (unpaired) electrons. The van der Waals surface area contributed by atoms with Gasteiger partial charge < -0.3 is 15.4 Å². The molecule has 0 aliphatic rings. The Morgan fingerprint density at radius 1 is 1.27 bits per heavy atom. The van der Waals surface area contributed by atoms with E-state index in [1.165, 1.54) is 23.5 Å². The summed E-state index contributed by atoms with van der Waals surface area (Å²) < 4.78 is 43.4. The number of aromatic nitrogens is 2. The zero-order valence-electron chi connectivity index (χ0n) is 13.7. The minimum Gasteiger partial charge on any atom is -0.405 e. The Morgan fingerprint density at radius 2 is 2.04 bits per heavy atom. The summed E-state index contributed by atoms with van der Waals surface area (Å²) in [6.45, 7) is 0.568. The van der Waals surface area contributed by atoms with Gasteiger partial charge in [0.2, 0.25) is 0 Å². The standard InChI is InChI=1S/C16H16F3N5OS/c1-20-14(22-9-12-10-24-6-7-26-15(24)23-12)21-8-11-4-2-3-5-13(11)25-16(17,18)19/h2-7,10H,8-9H2,1H3,(H2,20,21,22). The van der Waals surface area contributed by atoms with Gasteiger partial charge in [-0.25, -0.2) is 4.98 Å². The Kier molecular flexibility index (Phi) is 5.31. The van der Waals surface area contributed by atoms with Crippen molar-refractivity contribution < 1.29 is 17.9 Å². The third-order valence-corrected chi connectivity index (χ3v) is 4.22. The van der Waals surface area contributed by atoms with Crippen molar-refractivity contribution in [2.24, 2.45) is 4.99 Å². The summed E-state index contributed by atoms with van der Waals surface area (Å²) in [4.78, 5) is 9.40. The molecule has 0 saturated heterocycles. The molecule has 2 N–H and O–H groups in total. The summed E-state index contributed by atoms with van der Waals surface area (Å²) in [5.74, 6) is 0.209. The first-order chi connectivity index (χ1) is 12.4. The molecular formula is C16H16F3N5OS. The smallest absolute Gasteiger partial charge is 0.405 e. The maximum atomic E-state index is 12.5. The molecule has 0 spiro atoms. The number of hydrogen-bond acceptors (Lipinski definition) is 4. The number of hydrogen-bond donors (Lipinski definition) is 2. The number of thiazole rings is 1. The third kappa shape index (κ3) is 4.66. The predicted octanol–water partition coefficient (Wildman–Crippen LogP) is 3.16. The van der Waals surface area contributed by atoms with Crippen molar-refractivity contribution in [1.29, 1.82) is 0 Å². The van der Waals surface area contributed by atoms with Crippen LogP contribution in [0.5, 0.6) is 5.75 Å². The Morgan fingerprint density at radius 3 is 2.77 bits per heavy atom. The number of nitrogens with one attached hydrogen (secondary N) is 2. The Bertz CT molecular complexity index is 874. The zero-order chi connectivity index (χ0) is 18.6. The van der Waals surface area contributed by atoms with E-state index < -0.39 is 6.36 Å². The van der Waals surface area contributed by atoms with Crippen molar-refractivity contribution in [2.45, 2.75) is 19.5 Å². The molecule has 2 aromatic heterocycles. The highest BCUT2D eigenvalue weighted by Gasteiger charge is 2.31. The number of guanidine groups is 1. The largest absolute Gasteiger partial charge is 0.573 e. The van der Waals surface area contributed by atoms with Gasteiger partial charge in [0.25, 0.3) is 0 Å². The van der Waals surface area contributed by atoms with Gasteiger partial charge in [-0.05, 0) is 6.07 Å². The molecule has 0 amide bonds. The molecule has 0 aliphatic carbocycles. The maximum Gasteiger partial charge on any atom is 0.573 e. The fourth-order valence-electron chi connectivity index (χ4n) is 2.31. The van der Waals surface area contributed by atoms with E-state index in [9.17, 15) is 13.2 Å². The number of aliphatic imine (C=N–C) groups is 1.